The summed E-state index contributed by atoms with van der Waals surface area (Å²) in [5.74, 6) is -3.36. The number of rotatable bonds is 6. The molecule has 4 atom stereocenters. The molecule has 1 heterocycles. The van der Waals surface area contributed by atoms with E-state index in [-0.39, 0.29) is 18.4 Å². The predicted molar refractivity (Wildman–Crippen MR) is 97.1 cm³/mol. The first-order valence-electron chi connectivity index (χ1n) is 9.78. The number of alkyl halides is 6. The third-order valence-electron chi connectivity index (χ3n) is 6.15. The van der Waals surface area contributed by atoms with Crippen molar-refractivity contribution in [3.63, 3.8) is 0 Å². The van der Waals surface area contributed by atoms with Crippen LogP contribution in [0.2, 0.25) is 0 Å². The molecule has 2 rings (SSSR count). The zero-order valence-corrected chi connectivity index (χ0v) is 18.2. The van der Waals surface area contributed by atoms with Gasteiger partial charge in [0.25, 0.3) is 5.60 Å². The maximum atomic E-state index is 13.4. The third kappa shape index (κ3) is 4.35. The number of esters is 2. The zero-order valence-electron chi connectivity index (χ0n) is 18.2. The van der Waals surface area contributed by atoms with Crippen LogP contribution >= 0.6 is 0 Å². The SMILES string of the molecule is C=C(C)C(=O)OC1CC(C(C)(C)OC(C)(C)C(O)(C(F)(F)F)C(F)(F)F)C2CC1OC2=O. The van der Waals surface area contributed by atoms with E-state index in [1.165, 1.54) is 20.8 Å². The average molecular weight is 476 g/mol. The second-order valence-corrected chi connectivity index (χ2v) is 9.31. The van der Waals surface area contributed by atoms with Crippen LogP contribution in [0.4, 0.5) is 26.3 Å². The molecule has 2 bridgehead atoms. The summed E-state index contributed by atoms with van der Waals surface area (Å²) in [6, 6.07) is 0. The molecule has 0 aromatic heterocycles. The lowest BCUT2D eigenvalue weighted by molar-refractivity contribution is -0.421. The van der Waals surface area contributed by atoms with Crippen molar-refractivity contribution >= 4 is 11.9 Å². The summed E-state index contributed by atoms with van der Waals surface area (Å²) in [7, 11) is 0. The Morgan fingerprint density at radius 2 is 1.56 bits per heavy atom. The van der Waals surface area contributed by atoms with Crippen molar-refractivity contribution in [1.29, 1.82) is 0 Å². The molecule has 1 N–H and O–H groups in total. The van der Waals surface area contributed by atoms with Crippen LogP contribution in [0.25, 0.3) is 0 Å². The molecule has 184 valence electrons. The molecule has 0 amide bonds. The summed E-state index contributed by atoms with van der Waals surface area (Å²) in [6.45, 7) is 8.22. The molecule has 6 nitrogen and oxygen atoms in total. The maximum absolute atomic E-state index is 13.4. The van der Waals surface area contributed by atoms with Crippen LogP contribution in [0.5, 0.6) is 0 Å². The van der Waals surface area contributed by atoms with Gasteiger partial charge in [0.05, 0.1) is 11.5 Å². The van der Waals surface area contributed by atoms with Gasteiger partial charge in [0.2, 0.25) is 0 Å². The lowest BCUT2D eigenvalue weighted by atomic mass is 9.70. The summed E-state index contributed by atoms with van der Waals surface area (Å²) in [6.07, 6.45) is -14.0. The minimum Gasteiger partial charge on any atom is -0.458 e. The first kappa shape index (κ1) is 26.4. The molecule has 32 heavy (non-hydrogen) atoms. The number of carbonyl (C=O) groups is 2. The van der Waals surface area contributed by atoms with E-state index >= 15 is 0 Å². The largest absolute Gasteiger partial charge is 0.458 e. The van der Waals surface area contributed by atoms with Gasteiger partial charge in [-0.25, -0.2) is 4.79 Å². The van der Waals surface area contributed by atoms with Crippen LogP contribution in [-0.4, -0.2) is 58.4 Å². The van der Waals surface area contributed by atoms with E-state index in [9.17, 15) is 41.0 Å². The second-order valence-electron chi connectivity index (χ2n) is 9.31. The number of carbonyl (C=O) groups excluding carboxylic acids is 2. The highest BCUT2D eigenvalue weighted by molar-refractivity contribution is 5.87. The predicted octanol–water partition coefficient (Wildman–Crippen LogP) is 3.86. The summed E-state index contributed by atoms with van der Waals surface area (Å²) in [4.78, 5) is 24.2. The fourth-order valence-electron chi connectivity index (χ4n) is 4.53. The van der Waals surface area contributed by atoms with Gasteiger partial charge in [-0.3, -0.25) is 4.79 Å². The Bertz CT molecular complexity index is 770. The molecular weight excluding hydrogens is 450 g/mol. The van der Waals surface area contributed by atoms with Gasteiger partial charge in [-0.2, -0.15) is 26.3 Å². The quantitative estimate of drug-likeness (QED) is 0.356. The fraction of sp³-hybridized carbons (Fsp3) is 0.800. The van der Waals surface area contributed by atoms with Crippen LogP contribution < -0.4 is 0 Å². The van der Waals surface area contributed by atoms with E-state index in [0.717, 1.165) is 0 Å². The first-order chi connectivity index (χ1) is 14.2. The van der Waals surface area contributed by atoms with Crippen molar-refractivity contribution in [2.24, 2.45) is 11.8 Å². The zero-order chi connectivity index (χ0) is 25.1. The van der Waals surface area contributed by atoms with Gasteiger partial charge in [0.1, 0.15) is 17.8 Å². The fourth-order valence-corrected chi connectivity index (χ4v) is 4.53. The number of hydrogen-bond acceptors (Lipinski definition) is 6. The van der Waals surface area contributed by atoms with E-state index in [1.54, 1.807) is 0 Å². The van der Waals surface area contributed by atoms with E-state index in [2.05, 4.69) is 6.58 Å². The normalized spacial score (nSPS) is 27.2. The van der Waals surface area contributed by atoms with Crippen LogP contribution in [0, 0.1) is 11.8 Å². The number of hydrogen-bond donors (Lipinski definition) is 1. The van der Waals surface area contributed by atoms with Crippen LogP contribution in [0.3, 0.4) is 0 Å². The van der Waals surface area contributed by atoms with Gasteiger partial charge in [-0.15, -0.1) is 0 Å². The number of halogens is 6. The van der Waals surface area contributed by atoms with Gasteiger partial charge in [-0.1, -0.05) is 6.58 Å². The van der Waals surface area contributed by atoms with Gasteiger partial charge >= 0.3 is 24.3 Å². The highest BCUT2D eigenvalue weighted by Crippen LogP contribution is 2.54. The lowest BCUT2D eigenvalue weighted by Gasteiger charge is -2.50. The van der Waals surface area contributed by atoms with Crippen molar-refractivity contribution < 1.29 is 55.2 Å². The summed E-state index contributed by atoms with van der Waals surface area (Å²) in [5, 5.41) is 9.84. The van der Waals surface area contributed by atoms with Crippen LogP contribution in [0.1, 0.15) is 47.5 Å². The highest BCUT2D eigenvalue weighted by Gasteiger charge is 2.78. The average Bonchev–Trinajstić information content (AvgIpc) is 2.89. The second kappa shape index (κ2) is 7.89. The topological polar surface area (TPSA) is 82.1 Å². The smallest absolute Gasteiger partial charge is 0.429 e. The molecule has 4 unspecified atom stereocenters. The van der Waals surface area contributed by atoms with Crippen molar-refractivity contribution in [3.8, 4) is 0 Å². The number of ether oxygens (including phenoxy) is 3. The van der Waals surface area contributed by atoms with Crippen molar-refractivity contribution in [1.82, 2.24) is 0 Å². The van der Waals surface area contributed by atoms with E-state index in [1.807, 2.05) is 0 Å². The first-order valence-corrected chi connectivity index (χ1v) is 9.78. The lowest BCUT2D eigenvalue weighted by Crippen LogP contribution is -2.71. The summed E-state index contributed by atoms with van der Waals surface area (Å²) >= 11 is 0. The van der Waals surface area contributed by atoms with Crippen LogP contribution in [-0.2, 0) is 23.8 Å². The number of aliphatic hydroxyl groups is 1. The standard InChI is InChI=1S/C20H26F6O6/c1-9(2)14(27)30-13-8-11(10-7-12(13)31-15(10)28)16(3,4)32-17(5,6)18(29,19(21,22)23)20(24,25)26/h10-13,29H,1,7-8H2,2-6H3. The Labute approximate surface area is 180 Å². The Kier molecular flexibility index (Phi) is 6.52. The van der Waals surface area contributed by atoms with Gasteiger partial charge in [0.15, 0.2) is 0 Å². The monoisotopic (exact) mass is 476 g/mol. The minimum atomic E-state index is -6.10. The van der Waals surface area contributed by atoms with Crippen molar-refractivity contribution in [3.05, 3.63) is 12.2 Å². The molecule has 12 heteroatoms. The molecule has 1 aliphatic carbocycles. The van der Waals surface area contributed by atoms with E-state index in [0.29, 0.717) is 13.8 Å². The molecule has 0 aromatic rings. The molecule has 2 aliphatic rings. The molecular formula is C20H26F6O6. The number of fused-ring (bicyclic) bond motifs is 2. The van der Waals surface area contributed by atoms with Crippen molar-refractivity contribution in [2.45, 2.75) is 88.8 Å². The molecule has 1 aliphatic heterocycles. The van der Waals surface area contributed by atoms with Gasteiger partial charge < -0.3 is 19.3 Å². The molecule has 0 aromatic carbocycles. The third-order valence-corrected chi connectivity index (χ3v) is 6.15. The highest BCUT2D eigenvalue weighted by atomic mass is 19.4. The van der Waals surface area contributed by atoms with Crippen LogP contribution in [0.15, 0.2) is 12.2 Å². The van der Waals surface area contributed by atoms with E-state index in [4.69, 9.17) is 14.2 Å². The molecule has 1 saturated heterocycles. The van der Waals surface area contributed by atoms with Crippen molar-refractivity contribution in [2.75, 3.05) is 0 Å². The summed E-state index contributed by atoms with van der Waals surface area (Å²) < 4.78 is 96.3. The maximum Gasteiger partial charge on any atom is 0.429 e. The Balaban J connectivity index is 2.39. The Hall–Kier alpha value is -1.82. The minimum absolute atomic E-state index is 0.0493. The molecule has 0 radical (unpaired) electrons. The Morgan fingerprint density at radius 3 is 2.00 bits per heavy atom. The van der Waals surface area contributed by atoms with Gasteiger partial charge in [-0.05, 0) is 41.0 Å². The summed E-state index contributed by atoms with van der Waals surface area (Å²) in [5.41, 5.74) is -10.1. The molecule has 2 fully saturated rings. The van der Waals surface area contributed by atoms with Gasteiger partial charge in [0, 0.05) is 17.9 Å². The molecule has 0 spiro atoms. The van der Waals surface area contributed by atoms with E-state index < -0.39 is 65.1 Å². The Morgan fingerprint density at radius 1 is 1.06 bits per heavy atom. The molecule has 1 saturated carbocycles.